The number of hydrogen-bond donors (Lipinski definition) is 1. The SMILES string of the molecule is Cc1cc(NC(=O)C2CSC3(C)CCC(=O)N23)ccc1N1CCN(C)CC1. The third-order valence-corrected chi connectivity index (χ3v) is 7.56. The number of benzene rings is 1. The summed E-state index contributed by atoms with van der Waals surface area (Å²) < 4.78 is 0. The predicted molar refractivity (Wildman–Crippen MR) is 110 cm³/mol. The molecule has 27 heavy (non-hydrogen) atoms. The van der Waals surface area contributed by atoms with Crippen LogP contribution in [0.25, 0.3) is 0 Å². The summed E-state index contributed by atoms with van der Waals surface area (Å²) in [6, 6.07) is 5.75. The summed E-state index contributed by atoms with van der Waals surface area (Å²) in [5, 5.41) is 3.04. The van der Waals surface area contributed by atoms with Crippen molar-refractivity contribution >= 4 is 35.0 Å². The Balaban J connectivity index is 1.45. The fraction of sp³-hybridized carbons (Fsp3) is 0.600. The van der Waals surface area contributed by atoms with Gasteiger partial charge >= 0.3 is 0 Å². The van der Waals surface area contributed by atoms with E-state index in [0.29, 0.717) is 12.2 Å². The number of thioether (sulfide) groups is 1. The highest BCUT2D eigenvalue weighted by molar-refractivity contribution is 8.01. The lowest BCUT2D eigenvalue weighted by Gasteiger charge is -2.35. The van der Waals surface area contributed by atoms with Crippen molar-refractivity contribution in [3.05, 3.63) is 23.8 Å². The number of fused-ring (bicyclic) bond motifs is 1. The standard InChI is InChI=1S/C20H28N4O2S/c1-14-12-15(4-5-16(14)23-10-8-22(3)9-11-23)21-19(26)17-13-27-20(2)7-6-18(25)24(17)20/h4-5,12,17H,6-11,13H2,1-3H3,(H,21,26). The molecule has 7 heteroatoms. The minimum Gasteiger partial charge on any atom is -0.369 e. The lowest BCUT2D eigenvalue weighted by atomic mass is 10.1. The first-order valence-corrected chi connectivity index (χ1v) is 10.7. The minimum atomic E-state index is -0.368. The van der Waals surface area contributed by atoms with Gasteiger partial charge in [0, 0.05) is 49.7 Å². The molecule has 3 aliphatic heterocycles. The molecule has 2 amide bonds. The Morgan fingerprint density at radius 1 is 1.26 bits per heavy atom. The molecule has 3 fully saturated rings. The second-order valence-electron chi connectivity index (χ2n) is 8.05. The Hall–Kier alpha value is -1.73. The van der Waals surface area contributed by atoms with Crippen LogP contribution in [-0.4, -0.2) is 71.5 Å². The van der Waals surface area contributed by atoms with E-state index in [4.69, 9.17) is 0 Å². The van der Waals surface area contributed by atoms with E-state index in [1.165, 1.54) is 11.3 Å². The summed E-state index contributed by atoms with van der Waals surface area (Å²) >= 11 is 1.72. The van der Waals surface area contributed by atoms with E-state index in [1.54, 1.807) is 16.7 Å². The van der Waals surface area contributed by atoms with Crippen LogP contribution in [0.3, 0.4) is 0 Å². The summed E-state index contributed by atoms with van der Waals surface area (Å²) in [6.45, 7) is 8.36. The van der Waals surface area contributed by atoms with Gasteiger partial charge in [-0.3, -0.25) is 9.59 Å². The molecule has 1 aromatic carbocycles. The molecule has 0 saturated carbocycles. The Morgan fingerprint density at radius 3 is 2.70 bits per heavy atom. The van der Waals surface area contributed by atoms with E-state index in [-0.39, 0.29) is 22.7 Å². The normalized spacial score (nSPS) is 28.6. The quantitative estimate of drug-likeness (QED) is 0.860. The number of amides is 2. The highest BCUT2D eigenvalue weighted by atomic mass is 32.2. The average Bonchev–Trinajstić information content (AvgIpc) is 3.12. The van der Waals surface area contributed by atoms with Crippen molar-refractivity contribution in [2.45, 2.75) is 37.6 Å². The van der Waals surface area contributed by atoms with Gasteiger partial charge in [0.1, 0.15) is 6.04 Å². The van der Waals surface area contributed by atoms with Crippen molar-refractivity contribution in [3.63, 3.8) is 0 Å². The maximum atomic E-state index is 12.8. The average molecular weight is 389 g/mol. The first-order valence-electron chi connectivity index (χ1n) is 9.68. The van der Waals surface area contributed by atoms with Crippen molar-refractivity contribution in [1.29, 1.82) is 0 Å². The molecule has 6 nitrogen and oxygen atoms in total. The summed E-state index contributed by atoms with van der Waals surface area (Å²) in [5.74, 6) is 0.698. The number of anilines is 2. The number of hydrogen-bond acceptors (Lipinski definition) is 5. The smallest absolute Gasteiger partial charge is 0.248 e. The fourth-order valence-corrected chi connectivity index (χ4v) is 5.81. The van der Waals surface area contributed by atoms with Crippen LogP contribution in [0.2, 0.25) is 0 Å². The molecule has 2 atom stereocenters. The topological polar surface area (TPSA) is 55.9 Å². The molecule has 2 unspecified atom stereocenters. The number of carbonyl (C=O) groups excluding carboxylic acids is 2. The van der Waals surface area contributed by atoms with Crippen molar-refractivity contribution in [1.82, 2.24) is 9.80 Å². The number of rotatable bonds is 3. The Bertz CT molecular complexity index is 762. The fourth-order valence-electron chi connectivity index (χ4n) is 4.38. The Kier molecular flexibility index (Phi) is 4.84. The van der Waals surface area contributed by atoms with Gasteiger partial charge in [-0.15, -0.1) is 11.8 Å². The van der Waals surface area contributed by atoms with Gasteiger partial charge in [-0.25, -0.2) is 0 Å². The van der Waals surface area contributed by atoms with Crippen LogP contribution in [0.15, 0.2) is 18.2 Å². The summed E-state index contributed by atoms with van der Waals surface area (Å²) in [4.78, 5) is 31.4. The van der Waals surface area contributed by atoms with Crippen LogP contribution in [-0.2, 0) is 9.59 Å². The van der Waals surface area contributed by atoms with Crippen LogP contribution in [0, 0.1) is 6.92 Å². The molecule has 3 heterocycles. The number of nitrogens with one attached hydrogen (secondary N) is 1. The molecule has 0 bridgehead atoms. The lowest BCUT2D eigenvalue weighted by molar-refractivity contribution is -0.135. The number of aryl methyl sites for hydroxylation is 1. The van der Waals surface area contributed by atoms with Crippen LogP contribution >= 0.6 is 11.8 Å². The van der Waals surface area contributed by atoms with E-state index >= 15 is 0 Å². The number of likely N-dealkylation sites (N-methyl/N-ethyl adjacent to an activating group) is 1. The Labute approximate surface area is 165 Å². The van der Waals surface area contributed by atoms with Crippen LogP contribution < -0.4 is 10.2 Å². The molecule has 1 N–H and O–H groups in total. The molecule has 146 valence electrons. The van der Waals surface area contributed by atoms with Gasteiger partial charge in [-0.05, 0) is 51.1 Å². The van der Waals surface area contributed by atoms with Gasteiger partial charge in [0.15, 0.2) is 0 Å². The molecule has 4 rings (SSSR count). The molecular weight excluding hydrogens is 360 g/mol. The van der Waals surface area contributed by atoms with Crippen molar-refractivity contribution in [2.24, 2.45) is 0 Å². The van der Waals surface area contributed by atoms with Crippen LogP contribution in [0.1, 0.15) is 25.3 Å². The number of piperazine rings is 1. The first kappa shape index (κ1) is 18.6. The van der Waals surface area contributed by atoms with Gasteiger partial charge in [0.25, 0.3) is 0 Å². The monoisotopic (exact) mass is 388 g/mol. The zero-order chi connectivity index (χ0) is 19.2. The lowest BCUT2D eigenvalue weighted by Crippen LogP contribution is -2.48. The zero-order valence-corrected chi connectivity index (χ0v) is 17.1. The van der Waals surface area contributed by atoms with Crippen LogP contribution in [0.5, 0.6) is 0 Å². The molecule has 0 radical (unpaired) electrons. The second-order valence-corrected chi connectivity index (χ2v) is 9.55. The largest absolute Gasteiger partial charge is 0.369 e. The molecule has 1 aromatic rings. The van der Waals surface area contributed by atoms with E-state index < -0.39 is 0 Å². The second kappa shape index (κ2) is 7.02. The molecular formula is C20H28N4O2S. The molecule has 0 aliphatic carbocycles. The summed E-state index contributed by atoms with van der Waals surface area (Å²) in [6.07, 6.45) is 1.38. The zero-order valence-electron chi connectivity index (χ0n) is 16.3. The van der Waals surface area contributed by atoms with Crippen LogP contribution in [0.4, 0.5) is 11.4 Å². The molecule has 3 aliphatic rings. The third kappa shape index (κ3) is 3.43. The highest BCUT2D eigenvalue weighted by Gasteiger charge is 2.52. The van der Waals surface area contributed by atoms with Gasteiger partial charge < -0.3 is 20.0 Å². The van der Waals surface area contributed by atoms with Gasteiger partial charge in [-0.1, -0.05) is 0 Å². The van der Waals surface area contributed by atoms with Crippen molar-refractivity contribution < 1.29 is 9.59 Å². The van der Waals surface area contributed by atoms with Crippen molar-refractivity contribution in [2.75, 3.05) is 49.2 Å². The Morgan fingerprint density at radius 2 is 2.00 bits per heavy atom. The van der Waals surface area contributed by atoms with Gasteiger partial charge in [0.05, 0.1) is 4.87 Å². The molecule has 0 spiro atoms. The maximum Gasteiger partial charge on any atom is 0.248 e. The molecule has 3 saturated heterocycles. The summed E-state index contributed by atoms with van der Waals surface area (Å²) in [5.41, 5.74) is 3.21. The van der Waals surface area contributed by atoms with Crippen molar-refractivity contribution in [3.8, 4) is 0 Å². The third-order valence-electron chi connectivity index (χ3n) is 6.06. The number of nitrogens with zero attached hydrogens (tertiary/aromatic N) is 3. The minimum absolute atomic E-state index is 0.0757. The van der Waals surface area contributed by atoms with E-state index in [2.05, 4.69) is 42.1 Å². The number of carbonyl (C=O) groups is 2. The van der Waals surface area contributed by atoms with E-state index in [1.807, 2.05) is 12.1 Å². The maximum absolute atomic E-state index is 12.8. The predicted octanol–water partition coefficient (Wildman–Crippen LogP) is 2.14. The van der Waals surface area contributed by atoms with E-state index in [9.17, 15) is 9.59 Å². The first-order chi connectivity index (χ1) is 12.9. The highest BCUT2D eigenvalue weighted by Crippen LogP contribution is 2.47. The molecule has 0 aromatic heterocycles. The van der Waals surface area contributed by atoms with Gasteiger partial charge in [-0.2, -0.15) is 0 Å². The van der Waals surface area contributed by atoms with E-state index in [0.717, 1.165) is 38.3 Å². The van der Waals surface area contributed by atoms with Gasteiger partial charge in [0.2, 0.25) is 11.8 Å². The summed E-state index contributed by atoms with van der Waals surface area (Å²) in [7, 11) is 2.15.